The van der Waals surface area contributed by atoms with Gasteiger partial charge in [0.05, 0.1) is 6.26 Å². The van der Waals surface area contributed by atoms with E-state index in [1.165, 1.54) is 19.4 Å². The molecule has 0 aliphatic heterocycles. The Morgan fingerprint density at radius 2 is 2.25 bits per heavy atom. The lowest BCUT2D eigenvalue weighted by molar-refractivity contribution is 0.0937. The molecule has 5 heteroatoms. The maximum atomic E-state index is 11.0. The van der Waals surface area contributed by atoms with Crippen molar-refractivity contribution < 1.29 is 14.0 Å². The Labute approximate surface area is 68.7 Å². The Morgan fingerprint density at radius 3 is 2.75 bits per heavy atom. The quantitative estimate of drug-likeness (QED) is 0.635. The number of nitrogens with one attached hydrogen (secondary N) is 2. The number of amides is 3. The lowest BCUT2D eigenvalue weighted by Gasteiger charge is -1.98. The van der Waals surface area contributed by atoms with Gasteiger partial charge < -0.3 is 9.73 Å². The maximum absolute atomic E-state index is 11.0. The fourth-order valence-electron chi connectivity index (χ4n) is 0.635. The second kappa shape index (κ2) is 3.56. The number of carbonyl (C=O) groups excluding carboxylic acids is 2. The summed E-state index contributed by atoms with van der Waals surface area (Å²) in [7, 11) is 1.42. The van der Waals surface area contributed by atoms with Crippen LogP contribution in [0.5, 0.6) is 0 Å². The molecular formula is C7H8N2O3. The van der Waals surface area contributed by atoms with Crippen LogP contribution in [0.3, 0.4) is 0 Å². The highest BCUT2D eigenvalue weighted by molar-refractivity contribution is 6.02. The predicted octanol–water partition coefficient (Wildman–Crippen LogP) is 0.349. The molecule has 12 heavy (non-hydrogen) atoms. The Bertz CT molecular complexity index is 279. The normalized spacial score (nSPS) is 9.08. The third-order valence-electron chi connectivity index (χ3n) is 1.20. The molecule has 2 N–H and O–H groups in total. The highest BCUT2D eigenvalue weighted by Gasteiger charge is 2.10. The minimum atomic E-state index is -0.559. The van der Waals surface area contributed by atoms with Crippen molar-refractivity contribution in [2.45, 2.75) is 0 Å². The van der Waals surface area contributed by atoms with Crippen LogP contribution < -0.4 is 10.6 Å². The summed E-state index contributed by atoms with van der Waals surface area (Å²) in [6.45, 7) is 0. The van der Waals surface area contributed by atoms with E-state index < -0.39 is 11.9 Å². The van der Waals surface area contributed by atoms with Crippen LogP contribution in [-0.4, -0.2) is 19.0 Å². The molecule has 0 fully saturated rings. The van der Waals surface area contributed by atoms with Crippen molar-refractivity contribution >= 4 is 11.9 Å². The SMILES string of the molecule is CNC(=O)NC(=O)c1ccco1. The smallest absolute Gasteiger partial charge is 0.321 e. The lowest BCUT2D eigenvalue weighted by Crippen LogP contribution is -2.37. The largest absolute Gasteiger partial charge is 0.459 e. The zero-order valence-corrected chi connectivity index (χ0v) is 6.46. The summed E-state index contributed by atoms with van der Waals surface area (Å²) in [5, 5.41) is 4.29. The standard InChI is InChI=1S/C7H8N2O3/c1-8-7(11)9-6(10)5-3-2-4-12-5/h2-4H,1H3,(H2,8,9,10,11). The number of carbonyl (C=O) groups is 2. The summed E-state index contributed by atoms with van der Waals surface area (Å²) in [6, 6.07) is 2.48. The number of imide groups is 1. The highest BCUT2D eigenvalue weighted by Crippen LogP contribution is 1.98. The van der Waals surface area contributed by atoms with E-state index in [2.05, 4.69) is 5.32 Å². The van der Waals surface area contributed by atoms with Gasteiger partial charge in [0, 0.05) is 7.05 Å². The minimum Gasteiger partial charge on any atom is -0.459 e. The molecule has 0 aliphatic carbocycles. The summed E-state index contributed by atoms with van der Waals surface area (Å²) in [6.07, 6.45) is 1.36. The second-order valence-corrected chi connectivity index (χ2v) is 2.01. The topological polar surface area (TPSA) is 71.3 Å². The molecule has 0 unspecified atom stereocenters. The maximum Gasteiger partial charge on any atom is 0.321 e. The molecule has 0 bridgehead atoms. The van der Waals surface area contributed by atoms with Crippen LogP contribution in [0.15, 0.2) is 22.8 Å². The van der Waals surface area contributed by atoms with Gasteiger partial charge >= 0.3 is 6.03 Å². The predicted molar refractivity (Wildman–Crippen MR) is 40.6 cm³/mol. The van der Waals surface area contributed by atoms with Gasteiger partial charge in [-0.25, -0.2) is 4.79 Å². The minimum absolute atomic E-state index is 0.110. The molecule has 0 saturated carbocycles. The zero-order valence-electron chi connectivity index (χ0n) is 6.46. The van der Waals surface area contributed by atoms with Gasteiger partial charge in [-0.05, 0) is 12.1 Å². The van der Waals surface area contributed by atoms with E-state index in [-0.39, 0.29) is 5.76 Å². The molecule has 0 aromatic carbocycles. The van der Waals surface area contributed by atoms with Gasteiger partial charge in [-0.2, -0.15) is 0 Å². The molecule has 3 amide bonds. The molecule has 1 rings (SSSR count). The van der Waals surface area contributed by atoms with Crippen LogP contribution in [0.25, 0.3) is 0 Å². The van der Waals surface area contributed by atoms with Crippen molar-refractivity contribution in [3.05, 3.63) is 24.2 Å². The van der Waals surface area contributed by atoms with Crippen LogP contribution in [0.1, 0.15) is 10.6 Å². The van der Waals surface area contributed by atoms with Crippen molar-refractivity contribution in [1.82, 2.24) is 10.6 Å². The molecular weight excluding hydrogens is 160 g/mol. The van der Waals surface area contributed by atoms with Gasteiger partial charge in [-0.1, -0.05) is 0 Å². The first-order chi connectivity index (χ1) is 5.74. The molecule has 0 saturated heterocycles. The van der Waals surface area contributed by atoms with Crippen LogP contribution >= 0.6 is 0 Å². The fraction of sp³-hybridized carbons (Fsp3) is 0.143. The van der Waals surface area contributed by atoms with Crippen LogP contribution in [-0.2, 0) is 0 Å². The summed E-state index contributed by atoms with van der Waals surface area (Å²) >= 11 is 0. The average molecular weight is 168 g/mol. The molecule has 1 aromatic heterocycles. The molecule has 0 aliphatic rings. The first-order valence-electron chi connectivity index (χ1n) is 3.30. The molecule has 0 atom stereocenters. The van der Waals surface area contributed by atoms with E-state index in [1.54, 1.807) is 6.07 Å². The third kappa shape index (κ3) is 1.85. The van der Waals surface area contributed by atoms with Gasteiger partial charge in [0.2, 0.25) is 0 Å². The number of hydrogen-bond donors (Lipinski definition) is 2. The van der Waals surface area contributed by atoms with E-state index >= 15 is 0 Å². The van der Waals surface area contributed by atoms with Crippen molar-refractivity contribution in [2.24, 2.45) is 0 Å². The van der Waals surface area contributed by atoms with Gasteiger partial charge in [0.25, 0.3) is 5.91 Å². The Kier molecular flexibility index (Phi) is 2.47. The van der Waals surface area contributed by atoms with Crippen molar-refractivity contribution in [3.63, 3.8) is 0 Å². The number of rotatable bonds is 1. The van der Waals surface area contributed by atoms with Gasteiger partial charge in [-0.15, -0.1) is 0 Å². The first kappa shape index (κ1) is 8.32. The second-order valence-electron chi connectivity index (χ2n) is 2.01. The lowest BCUT2D eigenvalue weighted by atomic mass is 10.4. The Hall–Kier alpha value is -1.78. The molecule has 1 aromatic rings. The average Bonchev–Trinajstić information content (AvgIpc) is 2.56. The van der Waals surface area contributed by atoms with Crippen molar-refractivity contribution in [3.8, 4) is 0 Å². The molecule has 64 valence electrons. The van der Waals surface area contributed by atoms with Crippen LogP contribution in [0.2, 0.25) is 0 Å². The van der Waals surface area contributed by atoms with E-state index in [1.807, 2.05) is 5.32 Å². The molecule has 0 spiro atoms. The van der Waals surface area contributed by atoms with Crippen LogP contribution in [0, 0.1) is 0 Å². The summed E-state index contributed by atoms with van der Waals surface area (Å²) in [4.78, 5) is 21.6. The van der Waals surface area contributed by atoms with E-state index in [4.69, 9.17) is 4.42 Å². The summed E-state index contributed by atoms with van der Waals surface area (Å²) < 4.78 is 4.75. The highest BCUT2D eigenvalue weighted by atomic mass is 16.3. The molecule has 0 radical (unpaired) electrons. The Balaban J connectivity index is 2.56. The third-order valence-corrected chi connectivity index (χ3v) is 1.20. The van der Waals surface area contributed by atoms with E-state index in [0.717, 1.165) is 0 Å². The molecule has 1 heterocycles. The summed E-state index contributed by atoms with van der Waals surface area (Å²) in [5.74, 6) is -0.446. The summed E-state index contributed by atoms with van der Waals surface area (Å²) in [5.41, 5.74) is 0. The molecule has 5 nitrogen and oxygen atoms in total. The number of furan rings is 1. The fourth-order valence-corrected chi connectivity index (χ4v) is 0.635. The Morgan fingerprint density at radius 1 is 1.50 bits per heavy atom. The van der Waals surface area contributed by atoms with Gasteiger partial charge in [0.1, 0.15) is 0 Å². The van der Waals surface area contributed by atoms with Crippen molar-refractivity contribution in [2.75, 3.05) is 7.05 Å². The zero-order chi connectivity index (χ0) is 8.97. The number of hydrogen-bond acceptors (Lipinski definition) is 3. The number of urea groups is 1. The van der Waals surface area contributed by atoms with E-state index in [9.17, 15) is 9.59 Å². The van der Waals surface area contributed by atoms with Gasteiger partial charge in [-0.3, -0.25) is 10.1 Å². The van der Waals surface area contributed by atoms with Crippen LogP contribution in [0.4, 0.5) is 4.79 Å². The van der Waals surface area contributed by atoms with Gasteiger partial charge in [0.15, 0.2) is 5.76 Å². The first-order valence-corrected chi connectivity index (χ1v) is 3.30. The monoisotopic (exact) mass is 168 g/mol. The van der Waals surface area contributed by atoms with Crippen molar-refractivity contribution in [1.29, 1.82) is 0 Å². The van der Waals surface area contributed by atoms with E-state index in [0.29, 0.717) is 0 Å².